The number of hydrogen-bond acceptors (Lipinski definition) is 5. The van der Waals surface area contributed by atoms with Crippen molar-refractivity contribution < 1.29 is 14.1 Å². The third-order valence-electron chi connectivity index (χ3n) is 6.46. The van der Waals surface area contributed by atoms with Gasteiger partial charge in [-0.1, -0.05) is 20.8 Å². The van der Waals surface area contributed by atoms with Crippen LogP contribution in [-0.2, 0) is 0 Å². The van der Waals surface area contributed by atoms with Crippen molar-refractivity contribution in [2.75, 3.05) is 32.1 Å². The number of amides is 2. The van der Waals surface area contributed by atoms with Gasteiger partial charge in [0.25, 0.3) is 0 Å². The van der Waals surface area contributed by atoms with Crippen molar-refractivity contribution in [3.8, 4) is 16.9 Å². The van der Waals surface area contributed by atoms with Gasteiger partial charge in [-0.25, -0.2) is 9.50 Å². The fraction of sp³-hybridized carbons (Fsp3) is 0.417. The van der Waals surface area contributed by atoms with Crippen LogP contribution in [0.25, 0.3) is 16.8 Å². The van der Waals surface area contributed by atoms with Crippen LogP contribution in [0, 0.1) is 0 Å². The summed E-state index contributed by atoms with van der Waals surface area (Å²) in [5, 5.41) is 7.40. The molecule has 1 N–H and O–H groups in total. The van der Waals surface area contributed by atoms with E-state index in [4.69, 9.17) is 4.74 Å². The lowest BCUT2D eigenvalue weighted by atomic mass is 9.92. The Labute approximate surface area is 187 Å². The Morgan fingerprint density at radius 1 is 1.28 bits per heavy atom. The van der Waals surface area contributed by atoms with Gasteiger partial charge in [-0.2, -0.15) is 19.8 Å². The van der Waals surface area contributed by atoms with E-state index in [-0.39, 0.29) is 11.9 Å². The molecular formula is C24H29N6O2+. The molecule has 8 heteroatoms. The zero-order valence-electron chi connectivity index (χ0n) is 19.1. The molecule has 1 saturated heterocycles. The second-order valence-corrected chi connectivity index (χ2v) is 8.74. The highest BCUT2D eigenvalue weighted by molar-refractivity contribution is 6.01. The monoisotopic (exact) mass is 433 g/mol. The Bertz CT molecular complexity index is 1240. The number of urea groups is 1. The predicted octanol–water partition coefficient (Wildman–Crippen LogP) is 4.27. The molecule has 2 aliphatic rings. The number of nitrogens with zero attached hydrogens (tertiary/aromatic N) is 5. The van der Waals surface area contributed by atoms with Crippen LogP contribution in [0.2, 0.25) is 0 Å². The Morgan fingerprint density at radius 3 is 2.88 bits per heavy atom. The van der Waals surface area contributed by atoms with Crippen LogP contribution in [0.1, 0.15) is 45.1 Å². The molecule has 4 heterocycles. The minimum Gasteiger partial charge on any atom is -0.493 e. The van der Waals surface area contributed by atoms with E-state index in [1.165, 1.54) is 17.6 Å². The molecule has 32 heavy (non-hydrogen) atoms. The minimum absolute atomic E-state index is 0.0656. The van der Waals surface area contributed by atoms with Gasteiger partial charge < -0.3 is 4.74 Å². The first kappa shape index (κ1) is 20.6. The standard InChI is InChI=1S/C24H28N6O2/c1-5-28-8-6-7-17(13-28)30-21-11-18(15(2)3)19(10-20(21)27-24(30)31)16-9-22(32-4)23-25-14-26-29(23)12-16/h9-12,14-15H,5-8,13H2,1-4H3/p+1/b30-17-. The number of likely N-dealkylation sites (tertiary alicyclic amines) is 1. The minimum atomic E-state index is -0.0656. The number of carbonyl (C=O) groups excluding carboxylic acids is 1. The molecule has 2 aliphatic heterocycles. The van der Waals surface area contributed by atoms with Crippen molar-refractivity contribution in [2.24, 2.45) is 0 Å². The van der Waals surface area contributed by atoms with E-state index in [2.05, 4.69) is 53.2 Å². The lowest BCUT2D eigenvalue weighted by molar-refractivity contribution is -0.324. The average molecular weight is 434 g/mol. The largest absolute Gasteiger partial charge is 0.501 e. The molecule has 5 rings (SSSR count). The fourth-order valence-electron chi connectivity index (χ4n) is 4.78. The summed E-state index contributed by atoms with van der Waals surface area (Å²) in [6.07, 6.45) is 5.51. The normalized spacial score (nSPS) is 19.0. The number of anilines is 1. The summed E-state index contributed by atoms with van der Waals surface area (Å²) < 4.78 is 9.19. The fourth-order valence-corrected chi connectivity index (χ4v) is 4.78. The molecule has 0 spiro atoms. The number of carbonyl (C=O) groups is 1. The first-order valence-electron chi connectivity index (χ1n) is 11.2. The van der Waals surface area contributed by atoms with E-state index in [9.17, 15) is 4.79 Å². The van der Waals surface area contributed by atoms with Gasteiger partial charge in [0.1, 0.15) is 12.0 Å². The van der Waals surface area contributed by atoms with Gasteiger partial charge in [0.15, 0.2) is 22.8 Å². The van der Waals surface area contributed by atoms with Crippen molar-refractivity contribution in [1.82, 2.24) is 19.5 Å². The van der Waals surface area contributed by atoms with E-state index in [0.717, 1.165) is 55.0 Å². The maximum Gasteiger partial charge on any atom is 0.501 e. The molecule has 0 aliphatic carbocycles. The van der Waals surface area contributed by atoms with Gasteiger partial charge in [-0.05, 0) is 54.8 Å². The number of benzene rings is 1. The van der Waals surface area contributed by atoms with Crippen LogP contribution >= 0.6 is 0 Å². The molecule has 0 bridgehead atoms. The second kappa shape index (κ2) is 8.02. The number of piperidine rings is 1. The van der Waals surface area contributed by atoms with Crippen LogP contribution in [0.3, 0.4) is 0 Å². The summed E-state index contributed by atoms with van der Waals surface area (Å²) in [5.74, 6) is 0.937. The van der Waals surface area contributed by atoms with E-state index >= 15 is 0 Å². The third kappa shape index (κ3) is 3.35. The molecule has 2 amide bonds. The molecule has 1 aromatic carbocycles. The summed E-state index contributed by atoms with van der Waals surface area (Å²) in [6.45, 7) is 9.45. The number of pyridine rings is 1. The van der Waals surface area contributed by atoms with Crippen LogP contribution < -0.4 is 10.1 Å². The zero-order chi connectivity index (χ0) is 22.4. The SMILES string of the molecule is CCN1CCC/C(=[N+]2/C(=O)Nc3cc(-c4cc(OC)c5ncnn5c4)c(C(C)C)cc32)C1. The lowest BCUT2D eigenvalue weighted by Gasteiger charge is -2.26. The zero-order valence-corrected chi connectivity index (χ0v) is 19.1. The van der Waals surface area contributed by atoms with Crippen LogP contribution in [0.4, 0.5) is 16.2 Å². The first-order chi connectivity index (χ1) is 15.5. The molecule has 0 atom stereocenters. The lowest BCUT2D eigenvalue weighted by Crippen LogP contribution is -2.39. The second-order valence-electron chi connectivity index (χ2n) is 8.74. The first-order valence-corrected chi connectivity index (χ1v) is 11.2. The number of methoxy groups -OCH3 is 1. The van der Waals surface area contributed by atoms with Crippen molar-refractivity contribution in [3.63, 3.8) is 0 Å². The number of aromatic nitrogens is 3. The van der Waals surface area contributed by atoms with Gasteiger partial charge in [0.05, 0.1) is 13.7 Å². The molecule has 3 aromatic rings. The Kier molecular flexibility index (Phi) is 5.17. The van der Waals surface area contributed by atoms with Crippen molar-refractivity contribution in [3.05, 3.63) is 36.3 Å². The number of fused-ring (bicyclic) bond motifs is 2. The molecule has 2 aromatic heterocycles. The molecular weight excluding hydrogens is 404 g/mol. The third-order valence-corrected chi connectivity index (χ3v) is 6.46. The Balaban J connectivity index is 1.67. The van der Waals surface area contributed by atoms with Crippen LogP contribution in [-0.4, -0.2) is 62.6 Å². The topological polar surface area (TPSA) is 74.8 Å². The summed E-state index contributed by atoms with van der Waals surface area (Å²) in [5.41, 5.74) is 6.84. The van der Waals surface area contributed by atoms with Gasteiger partial charge in [0.2, 0.25) is 0 Å². The smallest absolute Gasteiger partial charge is 0.493 e. The van der Waals surface area contributed by atoms with Gasteiger partial charge in [0, 0.05) is 18.2 Å². The van der Waals surface area contributed by atoms with Crippen molar-refractivity contribution in [2.45, 2.75) is 39.5 Å². The Hall–Kier alpha value is -3.26. The number of rotatable bonds is 4. The van der Waals surface area contributed by atoms with E-state index < -0.39 is 0 Å². The summed E-state index contributed by atoms with van der Waals surface area (Å²) >= 11 is 0. The molecule has 8 nitrogen and oxygen atoms in total. The maximum atomic E-state index is 13.0. The maximum absolute atomic E-state index is 13.0. The van der Waals surface area contributed by atoms with E-state index in [1.54, 1.807) is 11.6 Å². The molecule has 0 saturated carbocycles. The molecule has 166 valence electrons. The van der Waals surface area contributed by atoms with Crippen molar-refractivity contribution in [1.29, 1.82) is 0 Å². The number of nitrogens with one attached hydrogen (secondary N) is 1. The molecule has 0 radical (unpaired) electrons. The quantitative estimate of drug-likeness (QED) is 0.622. The molecule has 0 unspecified atom stereocenters. The van der Waals surface area contributed by atoms with Gasteiger partial charge in [-0.3, -0.25) is 4.90 Å². The highest BCUT2D eigenvalue weighted by atomic mass is 16.5. The van der Waals surface area contributed by atoms with Crippen LogP contribution in [0.15, 0.2) is 30.7 Å². The summed E-state index contributed by atoms with van der Waals surface area (Å²) in [6, 6.07) is 6.18. The van der Waals surface area contributed by atoms with Crippen LogP contribution in [0.5, 0.6) is 5.75 Å². The number of hydrogen-bond donors (Lipinski definition) is 1. The average Bonchev–Trinajstić information content (AvgIpc) is 3.40. The highest BCUT2D eigenvalue weighted by Crippen LogP contribution is 2.41. The predicted molar refractivity (Wildman–Crippen MR) is 124 cm³/mol. The van der Waals surface area contributed by atoms with Gasteiger partial charge in [-0.15, -0.1) is 0 Å². The highest BCUT2D eigenvalue weighted by Gasteiger charge is 2.37. The Morgan fingerprint density at radius 2 is 2.12 bits per heavy atom. The molecule has 1 fully saturated rings. The van der Waals surface area contributed by atoms with E-state index in [1.807, 2.05) is 16.8 Å². The van der Waals surface area contributed by atoms with E-state index in [0.29, 0.717) is 11.4 Å². The number of ether oxygens (including phenoxy) is 1. The summed E-state index contributed by atoms with van der Waals surface area (Å²) in [4.78, 5) is 19.7. The van der Waals surface area contributed by atoms with Gasteiger partial charge >= 0.3 is 6.03 Å². The summed E-state index contributed by atoms with van der Waals surface area (Å²) in [7, 11) is 1.64. The van der Waals surface area contributed by atoms with Crippen molar-refractivity contribution >= 4 is 28.8 Å².